The number of likely N-dealkylation sites (tertiary alicyclic amines) is 1. The molecule has 4 nitrogen and oxygen atoms in total. The van der Waals surface area contributed by atoms with Crippen molar-refractivity contribution in [1.29, 1.82) is 0 Å². The second kappa shape index (κ2) is 10.7. The van der Waals surface area contributed by atoms with E-state index in [4.69, 9.17) is 0 Å². The van der Waals surface area contributed by atoms with Gasteiger partial charge in [-0.3, -0.25) is 4.79 Å². The monoisotopic (exact) mass is 357 g/mol. The summed E-state index contributed by atoms with van der Waals surface area (Å²) in [7, 11) is 0. The lowest BCUT2D eigenvalue weighted by Crippen LogP contribution is -2.51. The number of carbonyl (C=O) groups excluding carboxylic acids is 1. The number of carbonyl (C=O) groups is 1. The van der Waals surface area contributed by atoms with Crippen molar-refractivity contribution < 1.29 is 4.79 Å². The molecule has 2 aliphatic heterocycles. The SMILES string of the molecule is O=C(CCCc1ccccc1)N(CCN1CCCCC1)C1CCCNC1. The molecule has 1 amide bonds. The molecule has 0 aliphatic carbocycles. The molecule has 2 fully saturated rings. The average Bonchev–Trinajstić information content (AvgIpc) is 2.70. The molecule has 2 saturated heterocycles. The van der Waals surface area contributed by atoms with Gasteiger partial charge in [-0.2, -0.15) is 0 Å². The van der Waals surface area contributed by atoms with Crippen molar-refractivity contribution in [2.45, 2.75) is 57.4 Å². The van der Waals surface area contributed by atoms with Gasteiger partial charge in [0.15, 0.2) is 0 Å². The second-order valence-corrected chi connectivity index (χ2v) is 7.83. The fraction of sp³-hybridized carbons (Fsp3) is 0.682. The number of amides is 1. The smallest absolute Gasteiger partial charge is 0.222 e. The zero-order chi connectivity index (χ0) is 18.0. The van der Waals surface area contributed by atoms with Gasteiger partial charge in [0.2, 0.25) is 5.91 Å². The molecule has 1 aromatic carbocycles. The van der Waals surface area contributed by atoms with Crippen LogP contribution < -0.4 is 5.32 Å². The number of aryl methyl sites for hydroxylation is 1. The summed E-state index contributed by atoms with van der Waals surface area (Å²) in [5, 5.41) is 3.48. The van der Waals surface area contributed by atoms with Crippen molar-refractivity contribution in [2.75, 3.05) is 39.3 Å². The van der Waals surface area contributed by atoms with Gasteiger partial charge in [0, 0.05) is 32.1 Å². The van der Waals surface area contributed by atoms with E-state index < -0.39 is 0 Å². The van der Waals surface area contributed by atoms with E-state index >= 15 is 0 Å². The number of benzene rings is 1. The predicted octanol–water partition coefficient (Wildman–Crippen LogP) is 3.08. The molecule has 0 radical (unpaired) electrons. The second-order valence-electron chi connectivity index (χ2n) is 7.83. The quantitative estimate of drug-likeness (QED) is 0.777. The number of nitrogens with zero attached hydrogens (tertiary/aromatic N) is 2. The van der Waals surface area contributed by atoms with Crippen LogP contribution in [0.3, 0.4) is 0 Å². The molecule has 1 unspecified atom stereocenters. The minimum atomic E-state index is 0.353. The summed E-state index contributed by atoms with van der Waals surface area (Å²) in [6.07, 6.45) is 8.95. The van der Waals surface area contributed by atoms with E-state index in [1.54, 1.807) is 0 Å². The zero-order valence-corrected chi connectivity index (χ0v) is 16.2. The van der Waals surface area contributed by atoms with Gasteiger partial charge in [-0.25, -0.2) is 0 Å². The Balaban J connectivity index is 1.50. The Morgan fingerprint density at radius 2 is 1.92 bits per heavy atom. The predicted molar refractivity (Wildman–Crippen MR) is 107 cm³/mol. The van der Waals surface area contributed by atoms with Gasteiger partial charge >= 0.3 is 0 Å². The van der Waals surface area contributed by atoms with E-state index in [1.807, 2.05) is 6.07 Å². The number of rotatable bonds is 8. The molecule has 0 aromatic heterocycles. The summed E-state index contributed by atoms with van der Waals surface area (Å²) in [5.41, 5.74) is 1.33. The normalized spacial score (nSPS) is 21.5. The summed E-state index contributed by atoms with van der Waals surface area (Å²) in [4.78, 5) is 17.7. The maximum atomic E-state index is 13.0. The maximum absolute atomic E-state index is 13.0. The molecule has 0 saturated carbocycles. The van der Waals surface area contributed by atoms with Crippen molar-refractivity contribution in [3.05, 3.63) is 35.9 Å². The lowest BCUT2D eigenvalue weighted by molar-refractivity contribution is -0.134. The highest BCUT2D eigenvalue weighted by Gasteiger charge is 2.25. The van der Waals surface area contributed by atoms with Gasteiger partial charge in [-0.1, -0.05) is 36.8 Å². The Labute approximate surface area is 158 Å². The number of piperidine rings is 2. The molecule has 0 bridgehead atoms. The number of hydrogen-bond acceptors (Lipinski definition) is 3. The highest BCUT2D eigenvalue weighted by Crippen LogP contribution is 2.15. The third-order valence-corrected chi connectivity index (χ3v) is 5.84. The van der Waals surface area contributed by atoms with Gasteiger partial charge in [-0.15, -0.1) is 0 Å². The minimum Gasteiger partial charge on any atom is -0.337 e. The highest BCUT2D eigenvalue weighted by molar-refractivity contribution is 5.76. The van der Waals surface area contributed by atoms with E-state index in [2.05, 4.69) is 39.4 Å². The molecule has 1 aromatic rings. The Morgan fingerprint density at radius 3 is 2.65 bits per heavy atom. The summed E-state index contributed by atoms with van der Waals surface area (Å²) in [6.45, 7) is 6.42. The Morgan fingerprint density at radius 1 is 1.12 bits per heavy atom. The number of hydrogen-bond donors (Lipinski definition) is 1. The van der Waals surface area contributed by atoms with Gasteiger partial charge in [-0.05, 0) is 63.7 Å². The zero-order valence-electron chi connectivity index (χ0n) is 16.2. The third kappa shape index (κ3) is 6.10. The molecule has 0 spiro atoms. The molecule has 2 aliphatic rings. The van der Waals surface area contributed by atoms with Crippen LogP contribution in [0.4, 0.5) is 0 Å². The van der Waals surface area contributed by atoms with Crippen LogP contribution in [0.1, 0.15) is 50.5 Å². The van der Waals surface area contributed by atoms with E-state index in [0.717, 1.165) is 45.4 Å². The lowest BCUT2D eigenvalue weighted by Gasteiger charge is -2.37. The van der Waals surface area contributed by atoms with Crippen LogP contribution in [0.25, 0.3) is 0 Å². The molecule has 2 heterocycles. The molecular formula is C22H35N3O. The summed E-state index contributed by atoms with van der Waals surface area (Å²) < 4.78 is 0. The van der Waals surface area contributed by atoms with Crippen molar-refractivity contribution in [3.8, 4) is 0 Å². The van der Waals surface area contributed by atoms with Crippen molar-refractivity contribution in [2.24, 2.45) is 0 Å². The van der Waals surface area contributed by atoms with E-state index in [0.29, 0.717) is 18.4 Å². The standard InChI is InChI=1S/C22H35N3O/c26-22(13-7-11-20-9-3-1-4-10-20)25(21-12-8-14-23-19-21)18-17-24-15-5-2-6-16-24/h1,3-4,9-10,21,23H,2,5-8,11-19H2. The summed E-state index contributed by atoms with van der Waals surface area (Å²) in [6, 6.07) is 10.9. The van der Waals surface area contributed by atoms with Crippen LogP contribution in [0.5, 0.6) is 0 Å². The maximum Gasteiger partial charge on any atom is 0.222 e. The fourth-order valence-electron chi connectivity index (χ4n) is 4.27. The molecule has 1 atom stereocenters. The van der Waals surface area contributed by atoms with Crippen LogP contribution in [0.2, 0.25) is 0 Å². The fourth-order valence-corrected chi connectivity index (χ4v) is 4.27. The first-order valence-corrected chi connectivity index (χ1v) is 10.6. The Bertz CT molecular complexity index is 521. The molecule has 144 valence electrons. The van der Waals surface area contributed by atoms with Gasteiger partial charge in [0.1, 0.15) is 0 Å². The first kappa shape index (κ1) is 19.4. The third-order valence-electron chi connectivity index (χ3n) is 5.84. The van der Waals surface area contributed by atoms with E-state index in [-0.39, 0.29) is 0 Å². The van der Waals surface area contributed by atoms with Gasteiger partial charge in [0.05, 0.1) is 0 Å². The van der Waals surface area contributed by atoms with Crippen molar-refractivity contribution >= 4 is 5.91 Å². The molecular weight excluding hydrogens is 322 g/mol. The van der Waals surface area contributed by atoms with Crippen LogP contribution in [0, 0.1) is 0 Å². The summed E-state index contributed by atoms with van der Waals surface area (Å²) in [5.74, 6) is 0.353. The lowest BCUT2D eigenvalue weighted by atomic mass is 10.0. The topological polar surface area (TPSA) is 35.6 Å². The van der Waals surface area contributed by atoms with E-state index in [9.17, 15) is 4.79 Å². The van der Waals surface area contributed by atoms with Gasteiger partial charge < -0.3 is 15.1 Å². The molecule has 4 heteroatoms. The minimum absolute atomic E-state index is 0.353. The van der Waals surface area contributed by atoms with Gasteiger partial charge in [0.25, 0.3) is 0 Å². The first-order chi connectivity index (χ1) is 12.8. The Kier molecular flexibility index (Phi) is 7.96. The molecule has 3 rings (SSSR count). The van der Waals surface area contributed by atoms with Crippen LogP contribution in [-0.4, -0.2) is 61.0 Å². The molecule has 26 heavy (non-hydrogen) atoms. The Hall–Kier alpha value is -1.39. The molecule has 1 N–H and O–H groups in total. The average molecular weight is 358 g/mol. The first-order valence-electron chi connectivity index (χ1n) is 10.6. The number of nitrogens with one attached hydrogen (secondary N) is 1. The van der Waals surface area contributed by atoms with Crippen molar-refractivity contribution in [1.82, 2.24) is 15.1 Å². The van der Waals surface area contributed by atoms with Crippen LogP contribution >= 0.6 is 0 Å². The van der Waals surface area contributed by atoms with E-state index in [1.165, 1.54) is 44.3 Å². The largest absolute Gasteiger partial charge is 0.337 e. The van der Waals surface area contributed by atoms with Crippen LogP contribution in [-0.2, 0) is 11.2 Å². The van der Waals surface area contributed by atoms with Crippen LogP contribution in [0.15, 0.2) is 30.3 Å². The summed E-state index contributed by atoms with van der Waals surface area (Å²) >= 11 is 0. The van der Waals surface area contributed by atoms with Crippen molar-refractivity contribution in [3.63, 3.8) is 0 Å². The highest BCUT2D eigenvalue weighted by atomic mass is 16.2.